The molecular weight excluding hydrogens is 264 g/mol. The average Bonchev–Trinajstić information content (AvgIpc) is 2.99. The molecule has 1 N–H and O–H groups in total. The monoisotopic (exact) mass is 288 g/mol. The number of hydrogen-bond acceptors (Lipinski definition) is 3. The maximum atomic E-state index is 3.51. The molecule has 0 aliphatic rings. The molecule has 0 spiro atoms. The van der Waals surface area contributed by atoms with Crippen molar-refractivity contribution in [2.75, 3.05) is 18.0 Å². The highest BCUT2D eigenvalue weighted by atomic mass is 32.1. The van der Waals surface area contributed by atoms with Crippen molar-refractivity contribution in [3.8, 4) is 0 Å². The van der Waals surface area contributed by atoms with Gasteiger partial charge in [-0.2, -0.15) is 0 Å². The van der Waals surface area contributed by atoms with Crippen LogP contribution in [-0.4, -0.2) is 13.1 Å². The highest BCUT2D eigenvalue weighted by molar-refractivity contribution is 7.09. The van der Waals surface area contributed by atoms with Gasteiger partial charge in [-0.15, -0.1) is 11.3 Å². The number of anilines is 1. The fraction of sp³-hybridized carbons (Fsp3) is 0.412. The summed E-state index contributed by atoms with van der Waals surface area (Å²) in [6.07, 6.45) is 1.18. The van der Waals surface area contributed by atoms with Crippen LogP contribution >= 0.6 is 11.3 Å². The predicted molar refractivity (Wildman–Crippen MR) is 89.5 cm³/mol. The van der Waals surface area contributed by atoms with Crippen LogP contribution < -0.4 is 10.2 Å². The van der Waals surface area contributed by atoms with Gasteiger partial charge in [0.25, 0.3) is 0 Å². The molecule has 2 aromatic rings. The number of para-hydroxylation sites is 1. The lowest BCUT2D eigenvalue weighted by molar-refractivity contribution is 0.672. The Hall–Kier alpha value is -1.32. The van der Waals surface area contributed by atoms with Crippen molar-refractivity contribution in [3.63, 3.8) is 0 Å². The first kappa shape index (κ1) is 15.1. The first-order valence-electron chi connectivity index (χ1n) is 7.41. The minimum atomic E-state index is 0.949. The van der Waals surface area contributed by atoms with E-state index in [0.717, 1.165) is 26.2 Å². The summed E-state index contributed by atoms with van der Waals surface area (Å²) in [6.45, 7) is 8.48. The third kappa shape index (κ3) is 4.09. The van der Waals surface area contributed by atoms with Crippen molar-refractivity contribution in [1.82, 2.24) is 5.32 Å². The van der Waals surface area contributed by atoms with E-state index < -0.39 is 0 Å². The molecule has 0 amide bonds. The maximum absolute atomic E-state index is 3.51. The van der Waals surface area contributed by atoms with Crippen LogP contribution in [0.3, 0.4) is 0 Å². The van der Waals surface area contributed by atoms with Gasteiger partial charge < -0.3 is 10.2 Å². The normalized spacial score (nSPS) is 10.7. The van der Waals surface area contributed by atoms with Crippen LogP contribution in [0, 0.1) is 0 Å². The number of nitrogens with zero attached hydrogens (tertiary/aromatic N) is 1. The van der Waals surface area contributed by atoms with E-state index in [4.69, 9.17) is 0 Å². The summed E-state index contributed by atoms with van der Waals surface area (Å²) in [5.74, 6) is 0. The molecule has 2 rings (SSSR count). The Bertz CT molecular complexity index is 493. The van der Waals surface area contributed by atoms with Crippen LogP contribution in [0.2, 0.25) is 0 Å². The summed E-state index contributed by atoms with van der Waals surface area (Å²) in [4.78, 5) is 3.87. The molecule has 0 aliphatic carbocycles. The second-order valence-corrected chi connectivity index (χ2v) is 5.93. The zero-order chi connectivity index (χ0) is 14.2. The molecule has 0 saturated heterocycles. The van der Waals surface area contributed by atoms with E-state index in [1.54, 1.807) is 0 Å². The van der Waals surface area contributed by atoms with E-state index in [0.29, 0.717) is 0 Å². The lowest BCUT2D eigenvalue weighted by atomic mass is 10.1. The largest absolute Gasteiger partial charge is 0.366 e. The van der Waals surface area contributed by atoms with E-state index in [9.17, 15) is 0 Å². The molecule has 3 heteroatoms. The van der Waals surface area contributed by atoms with Crippen molar-refractivity contribution >= 4 is 17.0 Å². The number of thiophene rings is 1. The number of benzene rings is 1. The molecule has 2 nitrogen and oxygen atoms in total. The van der Waals surface area contributed by atoms with Gasteiger partial charge in [-0.3, -0.25) is 0 Å². The highest BCUT2D eigenvalue weighted by Crippen LogP contribution is 2.23. The summed E-state index contributed by atoms with van der Waals surface area (Å²) >= 11 is 1.83. The van der Waals surface area contributed by atoms with Crippen LogP contribution in [0.25, 0.3) is 0 Å². The van der Waals surface area contributed by atoms with Crippen LogP contribution in [0.5, 0.6) is 0 Å². The standard InChI is InChI=1S/C17H24N2S/c1-3-11-18-13-15-8-5-6-10-17(15)19(4-2)14-16-9-7-12-20-16/h5-10,12,18H,3-4,11,13-14H2,1-2H3. The van der Waals surface area contributed by atoms with Crippen LogP contribution in [0.15, 0.2) is 41.8 Å². The molecule has 108 valence electrons. The average molecular weight is 288 g/mol. The van der Waals surface area contributed by atoms with Gasteiger partial charge >= 0.3 is 0 Å². The molecule has 1 aromatic heterocycles. The van der Waals surface area contributed by atoms with Crippen LogP contribution in [-0.2, 0) is 13.1 Å². The van der Waals surface area contributed by atoms with Gasteiger partial charge in [0.1, 0.15) is 0 Å². The molecule has 0 fully saturated rings. The third-order valence-electron chi connectivity index (χ3n) is 3.38. The molecule has 1 heterocycles. The molecule has 0 saturated carbocycles. The van der Waals surface area contributed by atoms with E-state index >= 15 is 0 Å². The fourth-order valence-electron chi connectivity index (χ4n) is 2.33. The Morgan fingerprint density at radius 1 is 1.10 bits per heavy atom. The maximum Gasteiger partial charge on any atom is 0.0522 e. The molecule has 0 radical (unpaired) electrons. The van der Waals surface area contributed by atoms with E-state index in [-0.39, 0.29) is 0 Å². The van der Waals surface area contributed by atoms with E-state index in [1.807, 2.05) is 11.3 Å². The minimum absolute atomic E-state index is 0.949. The summed E-state index contributed by atoms with van der Waals surface area (Å²) in [5.41, 5.74) is 2.74. The molecule has 0 atom stereocenters. The molecule has 0 aliphatic heterocycles. The topological polar surface area (TPSA) is 15.3 Å². The van der Waals surface area contributed by atoms with Crippen molar-refractivity contribution in [2.45, 2.75) is 33.4 Å². The van der Waals surface area contributed by atoms with Crippen LogP contribution in [0.4, 0.5) is 5.69 Å². The Morgan fingerprint density at radius 2 is 1.95 bits per heavy atom. The SMILES string of the molecule is CCCNCc1ccccc1N(CC)Cc1cccs1. The predicted octanol–water partition coefficient (Wildman–Crippen LogP) is 4.27. The van der Waals surface area contributed by atoms with Gasteiger partial charge in [-0.25, -0.2) is 0 Å². The second kappa shape index (κ2) is 8.08. The van der Waals surface area contributed by atoms with Gasteiger partial charge in [-0.1, -0.05) is 31.2 Å². The van der Waals surface area contributed by atoms with Gasteiger partial charge in [-0.05, 0) is 43.0 Å². The summed E-state index contributed by atoms with van der Waals surface area (Å²) < 4.78 is 0. The zero-order valence-electron chi connectivity index (χ0n) is 12.4. The molecule has 1 aromatic carbocycles. The van der Waals surface area contributed by atoms with E-state index in [1.165, 1.54) is 22.5 Å². The van der Waals surface area contributed by atoms with Crippen molar-refractivity contribution in [1.29, 1.82) is 0 Å². The van der Waals surface area contributed by atoms with Crippen LogP contribution in [0.1, 0.15) is 30.7 Å². The lowest BCUT2D eigenvalue weighted by Gasteiger charge is -2.25. The van der Waals surface area contributed by atoms with Crippen molar-refractivity contribution < 1.29 is 0 Å². The third-order valence-corrected chi connectivity index (χ3v) is 4.24. The Kier molecular flexibility index (Phi) is 6.09. The number of nitrogens with one attached hydrogen (secondary N) is 1. The lowest BCUT2D eigenvalue weighted by Crippen LogP contribution is -2.24. The molecular formula is C17H24N2S. The summed E-state index contributed by atoms with van der Waals surface area (Å²) in [5, 5.41) is 5.66. The Balaban J connectivity index is 2.11. The molecule has 0 unspecified atom stereocenters. The number of rotatable bonds is 8. The smallest absolute Gasteiger partial charge is 0.0522 e. The van der Waals surface area contributed by atoms with Gasteiger partial charge in [0.05, 0.1) is 6.54 Å². The highest BCUT2D eigenvalue weighted by Gasteiger charge is 2.10. The zero-order valence-corrected chi connectivity index (χ0v) is 13.2. The fourth-order valence-corrected chi connectivity index (χ4v) is 3.05. The van der Waals surface area contributed by atoms with E-state index in [2.05, 4.69) is 65.8 Å². The Labute approximate surface area is 126 Å². The van der Waals surface area contributed by atoms with Crippen molar-refractivity contribution in [3.05, 3.63) is 52.2 Å². The quantitative estimate of drug-likeness (QED) is 0.730. The van der Waals surface area contributed by atoms with Gasteiger partial charge in [0.2, 0.25) is 0 Å². The minimum Gasteiger partial charge on any atom is -0.366 e. The Morgan fingerprint density at radius 3 is 2.65 bits per heavy atom. The first-order chi connectivity index (χ1) is 9.85. The summed E-state index contributed by atoms with van der Waals surface area (Å²) in [6, 6.07) is 13.1. The first-order valence-corrected chi connectivity index (χ1v) is 8.29. The van der Waals surface area contributed by atoms with Gasteiger partial charge in [0, 0.05) is 23.7 Å². The summed E-state index contributed by atoms with van der Waals surface area (Å²) in [7, 11) is 0. The molecule has 0 bridgehead atoms. The second-order valence-electron chi connectivity index (χ2n) is 4.90. The molecule has 20 heavy (non-hydrogen) atoms. The number of hydrogen-bond donors (Lipinski definition) is 1. The van der Waals surface area contributed by atoms with Gasteiger partial charge in [0.15, 0.2) is 0 Å². The van der Waals surface area contributed by atoms with Crippen molar-refractivity contribution in [2.24, 2.45) is 0 Å².